The van der Waals surface area contributed by atoms with Gasteiger partial charge < -0.3 is 9.47 Å². The first-order valence-corrected chi connectivity index (χ1v) is 5.39. The number of ketones is 1. The van der Waals surface area contributed by atoms with Gasteiger partial charge in [0.1, 0.15) is 6.61 Å². The molecule has 20 heavy (non-hydrogen) atoms. The van der Waals surface area contributed by atoms with Gasteiger partial charge in [0.2, 0.25) is 0 Å². The smallest absolute Gasteiger partial charge is 0.338 e. The molecule has 0 heterocycles. The van der Waals surface area contributed by atoms with Crippen LogP contribution in [0.25, 0.3) is 0 Å². The lowest BCUT2D eigenvalue weighted by Gasteiger charge is -2.05. The number of rotatable bonds is 5. The van der Waals surface area contributed by atoms with Gasteiger partial charge in [-0.2, -0.15) is 0 Å². The van der Waals surface area contributed by atoms with Crippen LogP contribution in [0.4, 0.5) is 5.69 Å². The van der Waals surface area contributed by atoms with Gasteiger partial charge >= 0.3 is 11.9 Å². The van der Waals surface area contributed by atoms with Gasteiger partial charge in [-0.25, -0.2) is 9.59 Å². The first-order chi connectivity index (χ1) is 9.35. The van der Waals surface area contributed by atoms with Crippen molar-refractivity contribution in [3.8, 4) is 0 Å². The number of nitro benzene ring substituents is 1. The third-order valence-corrected chi connectivity index (χ3v) is 2.19. The fourth-order valence-electron chi connectivity index (χ4n) is 1.32. The van der Waals surface area contributed by atoms with Gasteiger partial charge in [-0.15, -0.1) is 0 Å². The minimum atomic E-state index is -0.936. The van der Waals surface area contributed by atoms with Crippen LogP contribution in [-0.2, 0) is 14.3 Å². The Balaban J connectivity index is 3.14. The van der Waals surface area contributed by atoms with E-state index in [0.717, 1.165) is 25.3 Å². The van der Waals surface area contributed by atoms with Crippen molar-refractivity contribution in [2.45, 2.75) is 6.92 Å². The average Bonchev–Trinajstić information content (AvgIpc) is 2.43. The van der Waals surface area contributed by atoms with E-state index in [1.165, 1.54) is 6.92 Å². The summed E-state index contributed by atoms with van der Waals surface area (Å²) in [7, 11) is 1.11. The van der Waals surface area contributed by atoms with E-state index in [2.05, 4.69) is 9.47 Å². The van der Waals surface area contributed by atoms with Crippen molar-refractivity contribution >= 4 is 23.4 Å². The Morgan fingerprint density at radius 1 is 1.15 bits per heavy atom. The van der Waals surface area contributed by atoms with Crippen LogP contribution >= 0.6 is 0 Å². The van der Waals surface area contributed by atoms with E-state index < -0.39 is 29.2 Å². The summed E-state index contributed by atoms with van der Waals surface area (Å²) in [5.74, 6) is -2.14. The second-order valence-corrected chi connectivity index (χ2v) is 3.80. The summed E-state index contributed by atoms with van der Waals surface area (Å²) in [5.41, 5.74) is -0.819. The van der Waals surface area contributed by atoms with Crippen molar-refractivity contribution in [3.05, 3.63) is 39.4 Å². The van der Waals surface area contributed by atoms with Gasteiger partial charge in [-0.05, 0) is 13.0 Å². The van der Waals surface area contributed by atoms with Crippen molar-refractivity contribution in [2.75, 3.05) is 13.7 Å². The van der Waals surface area contributed by atoms with Gasteiger partial charge in [-0.1, -0.05) is 0 Å². The zero-order chi connectivity index (χ0) is 15.3. The Hall–Kier alpha value is -2.77. The molecule has 0 aliphatic rings. The third-order valence-electron chi connectivity index (χ3n) is 2.19. The Bertz CT molecular complexity index is 579. The van der Waals surface area contributed by atoms with Crippen molar-refractivity contribution in [1.82, 2.24) is 0 Å². The number of ether oxygens (including phenoxy) is 2. The predicted octanol–water partition coefficient (Wildman–Crippen LogP) is 1.13. The second kappa shape index (κ2) is 6.41. The van der Waals surface area contributed by atoms with Gasteiger partial charge in [0.25, 0.3) is 5.69 Å². The molecule has 0 saturated carbocycles. The number of Topliss-reactive ketones (excluding diaryl/α,β-unsaturated/α-hetero) is 1. The molecular weight excluding hydrogens is 270 g/mol. The number of nitro groups is 1. The lowest BCUT2D eigenvalue weighted by atomic mass is 10.1. The molecule has 0 unspecified atom stereocenters. The molecule has 0 radical (unpaired) electrons. The maximum atomic E-state index is 11.6. The molecule has 0 aliphatic heterocycles. The molecule has 1 rings (SSSR count). The molecule has 8 heteroatoms. The second-order valence-electron chi connectivity index (χ2n) is 3.80. The van der Waals surface area contributed by atoms with E-state index in [0.29, 0.717) is 0 Å². The highest BCUT2D eigenvalue weighted by Crippen LogP contribution is 2.18. The SMILES string of the molecule is COC(=O)c1cc(C(=O)OCC(C)=O)cc([N+](=O)[O-])c1. The summed E-state index contributed by atoms with van der Waals surface area (Å²) >= 11 is 0. The minimum Gasteiger partial charge on any atom is -0.465 e. The van der Waals surface area contributed by atoms with E-state index in [1.54, 1.807) is 0 Å². The standard InChI is InChI=1S/C12H11NO7/c1-7(14)6-20-12(16)9-3-8(11(15)19-2)4-10(5-9)13(17)18/h3-5H,6H2,1-2H3. The highest BCUT2D eigenvalue weighted by Gasteiger charge is 2.19. The normalized spacial score (nSPS) is 9.70. The first-order valence-electron chi connectivity index (χ1n) is 5.39. The number of benzene rings is 1. The molecule has 0 aromatic heterocycles. The quantitative estimate of drug-likeness (QED) is 0.451. The Labute approximate surface area is 113 Å². The molecular formula is C12H11NO7. The number of non-ortho nitro benzene ring substituents is 1. The number of methoxy groups -OCH3 is 1. The number of carbonyl (C=O) groups is 3. The van der Waals surface area contributed by atoms with Crippen molar-refractivity contribution in [2.24, 2.45) is 0 Å². The molecule has 0 atom stereocenters. The average molecular weight is 281 g/mol. The maximum absolute atomic E-state index is 11.6. The van der Waals surface area contributed by atoms with Gasteiger partial charge in [0.05, 0.1) is 23.2 Å². The molecule has 0 amide bonds. The van der Waals surface area contributed by atoms with Gasteiger partial charge in [0.15, 0.2) is 5.78 Å². The molecule has 0 aliphatic carbocycles. The van der Waals surface area contributed by atoms with Crippen molar-refractivity contribution < 1.29 is 28.8 Å². The Morgan fingerprint density at radius 3 is 2.15 bits per heavy atom. The fraction of sp³-hybridized carbons (Fsp3) is 0.250. The highest BCUT2D eigenvalue weighted by atomic mass is 16.6. The number of nitrogens with zero attached hydrogens (tertiary/aromatic N) is 1. The predicted molar refractivity (Wildman–Crippen MR) is 65.4 cm³/mol. The lowest BCUT2D eigenvalue weighted by Crippen LogP contribution is -2.13. The summed E-state index contributed by atoms with van der Waals surface area (Å²) in [5, 5.41) is 10.8. The summed E-state index contributed by atoms with van der Waals surface area (Å²) in [6.07, 6.45) is 0. The van der Waals surface area contributed by atoms with Crippen LogP contribution in [0.3, 0.4) is 0 Å². The van der Waals surface area contributed by atoms with E-state index in [-0.39, 0.29) is 16.9 Å². The molecule has 0 N–H and O–H groups in total. The summed E-state index contributed by atoms with van der Waals surface area (Å²) in [4.78, 5) is 43.7. The monoisotopic (exact) mass is 281 g/mol. The van der Waals surface area contributed by atoms with Crippen LogP contribution in [0, 0.1) is 10.1 Å². The summed E-state index contributed by atoms with van der Waals surface area (Å²) in [6.45, 7) is 0.773. The zero-order valence-electron chi connectivity index (χ0n) is 10.7. The topological polar surface area (TPSA) is 113 Å². The largest absolute Gasteiger partial charge is 0.465 e. The van der Waals surface area contributed by atoms with Gasteiger partial charge in [0, 0.05) is 12.1 Å². The van der Waals surface area contributed by atoms with Crippen LogP contribution in [-0.4, -0.2) is 36.4 Å². The Morgan fingerprint density at radius 2 is 1.70 bits per heavy atom. The van der Waals surface area contributed by atoms with E-state index in [1.807, 2.05) is 0 Å². The number of hydrogen-bond donors (Lipinski definition) is 0. The van der Waals surface area contributed by atoms with Crippen molar-refractivity contribution in [3.63, 3.8) is 0 Å². The Kier molecular flexibility index (Phi) is 4.90. The first kappa shape index (κ1) is 15.3. The number of esters is 2. The molecule has 1 aromatic rings. The van der Waals surface area contributed by atoms with E-state index in [4.69, 9.17) is 0 Å². The molecule has 8 nitrogen and oxygen atoms in total. The summed E-state index contributed by atoms with van der Waals surface area (Å²) in [6, 6.07) is 3.03. The minimum absolute atomic E-state index is 0.156. The molecule has 0 bridgehead atoms. The molecule has 106 valence electrons. The lowest BCUT2D eigenvalue weighted by molar-refractivity contribution is -0.384. The number of hydrogen-bond acceptors (Lipinski definition) is 7. The molecule has 0 fully saturated rings. The van der Waals surface area contributed by atoms with E-state index >= 15 is 0 Å². The molecule has 0 saturated heterocycles. The maximum Gasteiger partial charge on any atom is 0.338 e. The van der Waals surface area contributed by atoms with Crippen molar-refractivity contribution in [1.29, 1.82) is 0 Å². The zero-order valence-corrected chi connectivity index (χ0v) is 10.7. The van der Waals surface area contributed by atoms with Crippen LogP contribution in [0.5, 0.6) is 0 Å². The third kappa shape index (κ3) is 3.87. The highest BCUT2D eigenvalue weighted by molar-refractivity contribution is 5.97. The van der Waals surface area contributed by atoms with Crippen LogP contribution in [0.1, 0.15) is 27.6 Å². The fourth-order valence-corrected chi connectivity index (χ4v) is 1.32. The van der Waals surface area contributed by atoms with Crippen LogP contribution in [0.2, 0.25) is 0 Å². The molecule has 0 spiro atoms. The van der Waals surface area contributed by atoms with Gasteiger partial charge in [-0.3, -0.25) is 14.9 Å². The van der Waals surface area contributed by atoms with Crippen LogP contribution < -0.4 is 0 Å². The number of carbonyl (C=O) groups excluding carboxylic acids is 3. The molecule has 1 aromatic carbocycles. The van der Waals surface area contributed by atoms with E-state index in [9.17, 15) is 24.5 Å². The van der Waals surface area contributed by atoms with Crippen LogP contribution in [0.15, 0.2) is 18.2 Å². The summed E-state index contributed by atoms with van der Waals surface area (Å²) < 4.78 is 9.07.